The second-order valence-electron chi connectivity index (χ2n) is 4.84. The van der Waals surface area contributed by atoms with Crippen LogP contribution in [0.1, 0.15) is 11.1 Å². The Morgan fingerprint density at radius 1 is 0.810 bits per heavy atom. The molecule has 0 aliphatic heterocycles. The minimum atomic E-state index is -0.922. The Morgan fingerprint density at radius 2 is 1.48 bits per heavy atom. The van der Waals surface area contributed by atoms with Crippen LogP contribution in [0, 0.1) is 0 Å². The van der Waals surface area contributed by atoms with Gasteiger partial charge in [0.05, 0.1) is 5.57 Å². The Bertz CT molecular complexity index is 817. The third-order valence-corrected chi connectivity index (χ3v) is 3.40. The molecule has 0 heterocycles. The van der Waals surface area contributed by atoms with Gasteiger partial charge < -0.3 is 5.11 Å². The van der Waals surface area contributed by atoms with Gasteiger partial charge in [-0.25, -0.2) is 4.79 Å². The fourth-order valence-corrected chi connectivity index (χ4v) is 2.35. The summed E-state index contributed by atoms with van der Waals surface area (Å²) in [4.78, 5) is 11.5. The molecule has 0 radical (unpaired) electrons. The van der Waals surface area contributed by atoms with E-state index < -0.39 is 5.97 Å². The van der Waals surface area contributed by atoms with E-state index in [1.807, 2.05) is 60.7 Å². The highest BCUT2D eigenvalue weighted by Gasteiger charge is 2.09. The van der Waals surface area contributed by atoms with E-state index in [9.17, 15) is 9.90 Å². The van der Waals surface area contributed by atoms with Gasteiger partial charge in [0.15, 0.2) is 0 Å². The van der Waals surface area contributed by atoms with E-state index in [-0.39, 0.29) is 0 Å². The molecule has 0 saturated carbocycles. The van der Waals surface area contributed by atoms with Crippen LogP contribution in [-0.4, -0.2) is 11.1 Å². The molecular formula is C19H14O2. The van der Waals surface area contributed by atoms with Crippen molar-refractivity contribution in [3.63, 3.8) is 0 Å². The number of carboxylic acids is 1. The topological polar surface area (TPSA) is 37.3 Å². The first kappa shape index (κ1) is 13.1. The smallest absolute Gasteiger partial charge is 0.336 e. The normalized spacial score (nSPS) is 11.5. The molecule has 3 rings (SSSR count). The Kier molecular flexibility index (Phi) is 3.52. The molecule has 3 aromatic carbocycles. The molecule has 2 nitrogen and oxygen atoms in total. The van der Waals surface area contributed by atoms with Crippen LogP contribution < -0.4 is 0 Å². The summed E-state index contributed by atoms with van der Waals surface area (Å²) in [6.45, 7) is 0. The fourth-order valence-electron chi connectivity index (χ4n) is 2.35. The minimum absolute atomic E-state index is 0.297. The molecule has 1 N–H and O–H groups in total. The second-order valence-corrected chi connectivity index (χ2v) is 4.84. The van der Waals surface area contributed by atoms with Gasteiger partial charge >= 0.3 is 5.97 Å². The van der Waals surface area contributed by atoms with Crippen LogP contribution in [0.5, 0.6) is 0 Å². The highest BCUT2D eigenvalue weighted by molar-refractivity contribution is 6.20. The molecule has 0 atom stereocenters. The summed E-state index contributed by atoms with van der Waals surface area (Å²) in [7, 11) is 0. The highest BCUT2D eigenvalue weighted by atomic mass is 16.4. The monoisotopic (exact) mass is 274 g/mol. The predicted molar refractivity (Wildman–Crippen MR) is 85.9 cm³/mol. The van der Waals surface area contributed by atoms with Gasteiger partial charge in [0.1, 0.15) is 0 Å². The van der Waals surface area contributed by atoms with Crippen LogP contribution in [0.4, 0.5) is 0 Å². The lowest BCUT2D eigenvalue weighted by Crippen LogP contribution is -1.99. The molecule has 0 amide bonds. The summed E-state index contributed by atoms with van der Waals surface area (Å²) in [6, 6.07) is 23.1. The molecule has 0 saturated heterocycles. The highest BCUT2D eigenvalue weighted by Crippen LogP contribution is 2.21. The Morgan fingerprint density at radius 3 is 2.19 bits per heavy atom. The van der Waals surface area contributed by atoms with E-state index in [1.165, 1.54) is 0 Å². The second kappa shape index (κ2) is 5.63. The van der Waals surface area contributed by atoms with E-state index in [1.54, 1.807) is 18.2 Å². The number of fused-ring (bicyclic) bond motifs is 1. The van der Waals surface area contributed by atoms with Crippen LogP contribution in [0.15, 0.2) is 72.8 Å². The van der Waals surface area contributed by atoms with Gasteiger partial charge in [-0.1, -0.05) is 66.7 Å². The summed E-state index contributed by atoms with van der Waals surface area (Å²) in [5.41, 5.74) is 1.89. The molecular weight excluding hydrogens is 260 g/mol. The van der Waals surface area contributed by atoms with Crippen LogP contribution in [-0.2, 0) is 4.79 Å². The maximum Gasteiger partial charge on any atom is 0.336 e. The van der Waals surface area contributed by atoms with E-state index in [4.69, 9.17) is 0 Å². The van der Waals surface area contributed by atoms with Gasteiger partial charge in [0.2, 0.25) is 0 Å². The summed E-state index contributed by atoms with van der Waals surface area (Å²) < 4.78 is 0. The standard InChI is InChI=1S/C19H14O2/c20-19(21)18(16-7-2-1-3-8-16)13-14-10-11-15-6-4-5-9-17(15)12-14/h1-13H,(H,20,21)/b18-13-. The first-order valence-corrected chi connectivity index (χ1v) is 6.73. The molecule has 102 valence electrons. The zero-order valence-corrected chi connectivity index (χ0v) is 11.4. The maximum atomic E-state index is 11.5. The van der Waals surface area contributed by atoms with Crippen molar-refractivity contribution in [1.82, 2.24) is 0 Å². The summed E-state index contributed by atoms with van der Waals surface area (Å²) in [6.07, 6.45) is 1.71. The molecule has 0 aliphatic carbocycles. The predicted octanol–water partition coefficient (Wildman–Crippen LogP) is 4.47. The van der Waals surface area contributed by atoms with Crippen LogP contribution in [0.3, 0.4) is 0 Å². The molecule has 0 aromatic heterocycles. The Labute approximate surface area is 123 Å². The lowest BCUT2D eigenvalue weighted by molar-refractivity contribution is -0.130. The van der Waals surface area contributed by atoms with Gasteiger partial charge in [0.25, 0.3) is 0 Å². The van der Waals surface area contributed by atoms with E-state index in [0.29, 0.717) is 11.1 Å². The first-order valence-electron chi connectivity index (χ1n) is 6.73. The summed E-state index contributed by atoms with van der Waals surface area (Å²) in [5.74, 6) is -0.922. The molecule has 0 fully saturated rings. The van der Waals surface area contributed by atoms with Crippen molar-refractivity contribution in [1.29, 1.82) is 0 Å². The molecule has 0 unspecified atom stereocenters. The number of carbonyl (C=O) groups is 1. The Balaban J connectivity index is 2.09. The summed E-state index contributed by atoms with van der Waals surface area (Å²) >= 11 is 0. The van der Waals surface area contributed by atoms with Crippen molar-refractivity contribution in [2.24, 2.45) is 0 Å². The molecule has 21 heavy (non-hydrogen) atoms. The lowest BCUT2D eigenvalue weighted by Gasteiger charge is -2.04. The fraction of sp³-hybridized carbons (Fsp3) is 0. The zero-order valence-electron chi connectivity index (χ0n) is 11.4. The van der Waals surface area contributed by atoms with Gasteiger partial charge in [-0.15, -0.1) is 0 Å². The number of aliphatic carboxylic acids is 1. The van der Waals surface area contributed by atoms with Crippen molar-refractivity contribution < 1.29 is 9.90 Å². The molecule has 3 aromatic rings. The number of carboxylic acid groups (broad SMARTS) is 1. The van der Waals surface area contributed by atoms with Gasteiger partial charge in [0, 0.05) is 0 Å². The van der Waals surface area contributed by atoms with E-state index >= 15 is 0 Å². The van der Waals surface area contributed by atoms with Crippen molar-refractivity contribution in [3.8, 4) is 0 Å². The largest absolute Gasteiger partial charge is 0.478 e. The van der Waals surface area contributed by atoms with Gasteiger partial charge in [-0.2, -0.15) is 0 Å². The average molecular weight is 274 g/mol. The van der Waals surface area contributed by atoms with Crippen molar-refractivity contribution >= 4 is 28.4 Å². The van der Waals surface area contributed by atoms with Crippen molar-refractivity contribution in [2.45, 2.75) is 0 Å². The van der Waals surface area contributed by atoms with Gasteiger partial charge in [-0.05, 0) is 34.0 Å². The quantitative estimate of drug-likeness (QED) is 0.565. The average Bonchev–Trinajstić information content (AvgIpc) is 2.53. The first-order chi connectivity index (χ1) is 10.2. The van der Waals surface area contributed by atoms with Crippen LogP contribution >= 0.6 is 0 Å². The number of rotatable bonds is 3. The zero-order chi connectivity index (χ0) is 14.7. The number of hydrogen-bond acceptors (Lipinski definition) is 1. The van der Waals surface area contributed by atoms with Crippen LogP contribution in [0.25, 0.3) is 22.4 Å². The maximum absolute atomic E-state index is 11.5. The third kappa shape index (κ3) is 2.84. The lowest BCUT2D eigenvalue weighted by atomic mass is 10.0. The number of benzene rings is 3. The van der Waals surface area contributed by atoms with Crippen molar-refractivity contribution in [2.75, 3.05) is 0 Å². The third-order valence-electron chi connectivity index (χ3n) is 3.40. The van der Waals surface area contributed by atoms with E-state index in [2.05, 4.69) is 0 Å². The molecule has 0 bridgehead atoms. The molecule has 2 heteroatoms. The minimum Gasteiger partial charge on any atom is -0.478 e. The number of hydrogen-bond donors (Lipinski definition) is 1. The van der Waals surface area contributed by atoms with Crippen LogP contribution in [0.2, 0.25) is 0 Å². The van der Waals surface area contributed by atoms with Gasteiger partial charge in [-0.3, -0.25) is 0 Å². The Hall–Kier alpha value is -2.87. The van der Waals surface area contributed by atoms with E-state index in [0.717, 1.165) is 16.3 Å². The van der Waals surface area contributed by atoms with Crippen molar-refractivity contribution in [3.05, 3.63) is 83.9 Å². The molecule has 0 aliphatic rings. The SMILES string of the molecule is O=C(O)/C(=C\c1ccc2ccccc2c1)c1ccccc1. The summed E-state index contributed by atoms with van der Waals surface area (Å²) in [5, 5.41) is 11.7. The molecule has 0 spiro atoms.